The minimum atomic E-state index is -0.0367. The van der Waals surface area contributed by atoms with E-state index in [0.717, 1.165) is 0 Å². The van der Waals surface area contributed by atoms with Crippen LogP contribution in [-0.4, -0.2) is 27.5 Å². The first-order valence-corrected chi connectivity index (χ1v) is 4.54. The summed E-state index contributed by atoms with van der Waals surface area (Å²) in [7, 11) is 1.52. The molecule has 0 spiro atoms. The summed E-state index contributed by atoms with van der Waals surface area (Å²) in [6, 6.07) is 4.07. The molecular weight excluding hydrogens is 212 g/mol. The largest absolute Gasteiger partial charge is 0.508 e. The first kappa shape index (κ1) is 10.4. The second kappa shape index (κ2) is 4.19. The molecular formula is C10H10N2O4. The van der Waals surface area contributed by atoms with Crippen molar-refractivity contribution < 1.29 is 19.5 Å². The quantitative estimate of drug-likeness (QED) is 0.761. The van der Waals surface area contributed by atoms with Crippen molar-refractivity contribution in [2.75, 3.05) is 7.11 Å². The number of aromatic nitrogens is 2. The highest BCUT2D eigenvalue weighted by Gasteiger charge is 2.13. The maximum atomic E-state index is 9.56. The maximum absolute atomic E-state index is 9.56. The first-order valence-electron chi connectivity index (χ1n) is 4.54. The van der Waals surface area contributed by atoms with Crippen molar-refractivity contribution >= 4 is 0 Å². The Morgan fingerprint density at radius 2 is 2.19 bits per heavy atom. The van der Waals surface area contributed by atoms with Gasteiger partial charge in [-0.05, 0) is 18.2 Å². The van der Waals surface area contributed by atoms with Gasteiger partial charge in [-0.15, -0.1) is 0 Å². The SMILES string of the molecule is COCc1noc(-c2cc(O)ccc2O)n1. The van der Waals surface area contributed by atoms with Crippen LogP contribution in [0.1, 0.15) is 5.82 Å². The van der Waals surface area contributed by atoms with Crippen LogP contribution >= 0.6 is 0 Å². The molecule has 84 valence electrons. The molecule has 0 saturated heterocycles. The Kier molecular flexibility index (Phi) is 2.74. The van der Waals surface area contributed by atoms with Crippen LogP contribution in [-0.2, 0) is 11.3 Å². The van der Waals surface area contributed by atoms with Crippen molar-refractivity contribution in [3.8, 4) is 23.0 Å². The number of methoxy groups -OCH3 is 1. The van der Waals surface area contributed by atoms with E-state index in [1.54, 1.807) is 0 Å². The third-order valence-electron chi connectivity index (χ3n) is 1.95. The highest BCUT2D eigenvalue weighted by molar-refractivity contribution is 5.64. The number of aromatic hydroxyl groups is 2. The molecule has 0 aliphatic rings. The number of ether oxygens (including phenoxy) is 1. The molecule has 0 radical (unpaired) electrons. The van der Waals surface area contributed by atoms with Gasteiger partial charge in [-0.1, -0.05) is 5.16 Å². The highest BCUT2D eigenvalue weighted by Crippen LogP contribution is 2.30. The lowest BCUT2D eigenvalue weighted by molar-refractivity contribution is 0.174. The van der Waals surface area contributed by atoms with E-state index < -0.39 is 0 Å². The van der Waals surface area contributed by atoms with Crippen molar-refractivity contribution in [2.24, 2.45) is 0 Å². The molecule has 0 fully saturated rings. The summed E-state index contributed by atoms with van der Waals surface area (Å²) in [4.78, 5) is 4.00. The molecule has 2 rings (SSSR count). The van der Waals surface area contributed by atoms with Crippen molar-refractivity contribution in [2.45, 2.75) is 6.61 Å². The van der Waals surface area contributed by atoms with E-state index in [4.69, 9.17) is 9.26 Å². The molecule has 1 aromatic carbocycles. The van der Waals surface area contributed by atoms with E-state index >= 15 is 0 Å². The number of nitrogens with zero attached hydrogens (tertiary/aromatic N) is 2. The van der Waals surface area contributed by atoms with E-state index in [1.807, 2.05) is 0 Å². The smallest absolute Gasteiger partial charge is 0.261 e. The Labute approximate surface area is 91.1 Å². The lowest BCUT2D eigenvalue weighted by atomic mass is 10.2. The van der Waals surface area contributed by atoms with E-state index in [1.165, 1.54) is 25.3 Å². The van der Waals surface area contributed by atoms with Crippen LogP contribution in [0, 0.1) is 0 Å². The van der Waals surface area contributed by atoms with Crippen molar-refractivity contribution in [1.82, 2.24) is 10.1 Å². The first-order chi connectivity index (χ1) is 7.70. The maximum Gasteiger partial charge on any atom is 0.261 e. The van der Waals surface area contributed by atoms with Crippen LogP contribution in [0.3, 0.4) is 0 Å². The van der Waals surface area contributed by atoms with Gasteiger partial charge < -0.3 is 19.5 Å². The highest BCUT2D eigenvalue weighted by atomic mass is 16.5. The Morgan fingerprint density at radius 3 is 2.94 bits per heavy atom. The number of benzene rings is 1. The lowest BCUT2D eigenvalue weighted by Gasteiger charge is -1.99. The minimum Gasteiger partial charge on any atom is -0.508 e. The zero-order valence-corrected chi connectivity index (χ0v) is 8.54. The van der Waals surface area contributed by atoms with Gasteiger partial charge in [0.1, 0.15) is 18.1 Å². The molecule has 0 aliphatic carbocycles. The van der Waals surface area contributed by atoms with Crippen LogP contribution in [0.25, 0.3) is 11.5 Å². The molecule has 16 heavy (non-hydrogen) atoms. The summed E-state index contributed by atoms with van der Waals surface area (Å²) in [5.74, 6) is 0.491. The van der Waals surface area contributed by atoms with E-state index in [-0.39, 0.29) is 29.6 Å². The number of rotatable bonds is 3. The van der Waals surface area contributed by atoms with Gasteiger partial charge in [0.2, 0.25) is 0 Å². The van der Waals surface area contributed by atoms with Gasteiger partial charge in [0.05, 0.1) is 5.56 Å². The molecule has 0 aliphatic heterocycles. The fraction of sp³-hybridized carbons (Fsp3) is 0.200. The summed E-state index contributed by atoms with van der Waals surface area (Å²) >= 11 is 0. The van der Waals surface area contributed by atoms with Crippen LogP contribution in [0.4, 0.5) is 0 Å². The van der Waals surface area contributed by atoms with Crippen LogP contribution < -0.4 is 0 Å². The summed E-state index contributed by atoms with van der Waals surface area (Å²) in [5, 5.41) is 22.5. The third-order valence-corrected chi connectivity index (χ3v) is 1.95. The molecule has 0 bridgehead atoms. The molecule has 1 aromatic heterocycles. The molecule has 0 amide bonds. The number of phenols is 2. The van der Waals surface area contributed by atoms with E-state index in [0.29, 0.717) is 5.82 Å². The third kappa shape index (κ3) is 1.96. The molecule has 6 nitrogen and oxygen atoms in total. The average Bonchev–Trinajstić information content (AvgIpc) is 2.71. The van der Waals surface area contributed by atoms with Crippen LogP contribution in [0.2, 0.25) is 0 Å². The van der Waals surface area contributed by atoms with E-state index in [9.17, 15) is 10.2 Å². The zero-order valence-electron chi connectivity index (χ0n) is 8.54. The van der Waals surface area contributed by atoms with Gasteiger partial charge in [-0.2, -0.15) is 4.98 Å². The topological polar surface area (TPSA) is 88.6 Å². The Balaban J connectivity index is 2.38. The molecule has 0 saturated carbocycles. The second-order valence-corrected chi connectivity index (χ2v) is 3.15. The fourth-order valence-corrected chi connectivity index (χ4v) is 1.25. The summed E-state index contributed by atoms with van der Waals surface area (Å²) in [5.41, 5.74) is 0.287. The summed E-state index contributed by atoms with van der Waals surface area (Å²) in [6.07, 6.45) is 0. The van der Waals surface area contributed by atoms with Crippen LogP contribution in [0.15, 0.2) is 22.7 Å². The average molecular weight is 222 g/mol. The van der Waals surface area contributed by atoms with E-state index in [2.05, 4.69) is 10.1 Å². The predicted molar refractivity (Wildman–Crippen MR) is 53.8 cm³/mol. The summed E-state index contributed by atoms with van der Waals surface area (Å²) in [6.45, 7) is 0.225. The minimum absolute atomic E-state index is 0.0132. The number of hydrogen-bond acceptors (Lipinski definition) is 6. The molecule has 2 aromatic rings. The van der Waals surface area contributed by atoms with Crippen molar-refractivity contribution in [1.29, 1.82) is 0 Å². The zero-order chi connectivity index (χ0) is 11.5. The standard InChI is InChI=1S/C10H10N2O4/c1-15-5-9-11-10(16-12-9)7-4-6(13)2-3-8(7)14/h2-4,13-14H,5H2,1H3. The second-order valence-electron chi connectivity index (χ2n) is 3.15. The lowest BCUT2D eigenvalue weighted by Crippen LogP contribution is -1.89. The van der Waals surface area contributed by atoms with Crippen LogP contribution in [0.5, 0.6) is 11.5 Å². The normalized spacial score (nSPS) is 10.6. The van der Waals surface area contributed by atoms with Gasteiger partial charge in [0, 0.05) is 7.11 Å². The Morgan fingerprint density at radius 1 is 1.38 bits per heavy atom. The molecule has 0 atom stereocenters. The fourth-order valence-electron chi connectivity index (χ4n) is 1.25. The molecule has 1 heterocycles. The Bertz CT molecular complexity index is 495. The van der Waals surface area contributed by atoms with Gasteiger partial charge in [0.25, 0.3) is 5.89 Å². The predicted octanol–water partition coefficient (Wildman–Crippen LogP) is 1.29. The van der Waals surface area contributed by atoms with Gasteiger partial charge in [-0.3, -0.25) is 0 Å². The monoisotopic (exact) mass is 222 g/mol. The number of hydrogen-bond donors (Lipinski definition) is 2. The van der Waals surface area contributed by atoms with Gasteiger partial charge in [-0.25, -0.2) is 0 Å². The van der Waals surface area contributed by atoms with Crippen molar-refractivity contribution in [3.05, 3.63) is 24.0 Å². The Hall–Kier alpha value is -2.08. The molecule has 6 heteroatoms. The molecule has 0 unspecified atom stereocenters. The summed E-state index contributed by atoms with van der Waals surface area (Å²) < 4.78 is 9.76. The van der Waals surface area contributed by atoms with Crippen molar-refractivity contribution in [3.63, 3.8) is 0 Å². The van der Waals surface area contributed by atoms with Gasteiger partial charge >= 0.3 is 0 Å². The number of phenolic OH excluding ortho intramolecular Hbond substituents is 2. The molecule has 2 N–H and O–H groups in total. The van der Waals surface area contributed by atoms with Gasteiger partial charge in [0.15, 0.2) is 5.82 Å².